The molecule has 3 aromatic carbocycles. The maximum absolute atomic E-state index is 12.2. The first-order valence-corrected chi connectivity index (χ1v) is 8.74. The zero-order valence-electron chi connectivity index (χ0n) is 13.5. The molecule has 25 heavy (non-hydrogen) atoms. The number of halogens is 1. The Labute approximate surface area is 154 Å². The number of hydrogen-bond donors (Lipinski definition) is 2. The second-order valence-electron chi connectivity index (χ2n) is 5.60. The van der Waals surface area contributed by atoms with Crippen LogP contribution in [0.2, 0.25) is 0 Å². The fourth-order valence-electron chi connectivity index (χ4n) is 2.50. The third-order valence-electron chi connectivity index (χ3n) is 3.80. The van der Waals surface area contributed by atoms with Crippen LogP contribution in [0.3, 0.4) is 0 Å². The molecule has 0 aliphatic heterocycles. The van der Waals surface area contributed by atoms with E-state index in [4.69, 9.17) is 0 Å². The fraction of sp³-hybridized carbons (Fsp3) is 0.100. The number of fused-ring (bicyclic) bond motifs is 1. The van der Waals surface area contributed by atoms with E-state index in [1.54, 1.807) is 6.07 Å². The van der Waals surface area contributed by atoms with Gasteiger partial charge in [-0.25, -0.2) is 0 Å². The van der Waals surface area contributed by atoms with Crippen LogP contribution < -0.4 is 10.6 Å². The van der Waals surface area contributed by atoms with Crippen LogP contribution in [0.25, 0.3) is 10.8 Å². The quantitative estimate of drug-likeness (QED) is 0.672. The summed E-state index contributed by atoms with van der Waals surface area (Å²) in [5.41, 5.74) is 1.30. The van der Waals surface area contributed by atoms with Crippen LogP contribution in [0, 0.1) is 0 Å². The number of anilines is 1. The summed E-state index contributed by atoms with van der Waals surface area (Å²) in [6, 6.07) is 20.8. The molecule has 3 rings (SSSR count). The van der Waals surface area contributed by atoms with E-state index in [0.29, 0.717) is 11.3 Å². The highest BCUT2D eigenvalue weighted by atomic mass is 79.9. The molecule has 0 aromatic heterocycles. The van der Waals surface area contributed by atoms with Crippen LogP contribution in [-0.4, -0.2) is 18.4 Å². The molecule has 0 aliphatic rings. The number of carbonyl (C=O) groups excluding carboxylic acids is 2. The smallest absolute Gasteiger partial charge is 0.251 e. The van der Waals surface area contributed by atoms with Gasteiger partial charge in [0, 0.05) is 23.0 Å². The van der Waals surface area contributed by atoms with Crippen molar-refractivity contribution in [1.29, 1.82) is 0 Å². The highest BCUT2D eigenvalue weighted by Crippen LogP contribution is 2.21. The summed E-state index contributed by atoms with van der Waals surface area (Å²) in [5, 5.41) is 7.70. The Balaban J connectivity index is 1.53. The van der Waals surface area contributed by atoms with Gasteiger partial charge in [0.15, 0.2) is 0 Å². The molecule has 4 nitrogen and oxygen atoms in total. The Kier molecular flexibility index (Phi) is 5.46. The van der Waals surface area contributed by atoms with Gasteiger partial charge < -0.3 is 10.6 Å². The number of para-hydroxylation sites is 1. The minimum Gasteiger partial charge on any atom is -0.352 e. The van der Waals surface area contributed by atoms with E-state index in [0.717, 1.165) is 15.2 Å². The van der Waals surface area contributed by atoms with Gasteiger partial charge in [-0.2, -0.15) is 0 Å². The Morgan fingerprint density at radius 1 is 0.880 bits per heavy atom. The first kappa shape index (κ1) is 17.2. The Bertz CT molecular complexity index is 924. The zero-order chi connectivity index (χ0) is 17.6. The summed E-state index contributed by atoms with van der Waals surface area (Å²) < 4.78 is 0.823. The van der Waals surface area contributed by atoms with Crippen molar-refractivity contribution in [3.05, 3.63) is 76.8 Å². The highest BCUT2D eigenvalue weighted by Gasteiger charge is 2.08. The molecule has 0 fully saturated rings. The van der Waals surface area contributed by atoms with Gasteiger partial charge in [-0.3, -0.25) is 9.59 Å². The minimum atomic E-state index is -0.181. The lowest BCUT2D eigenvalue weighted by Gasteiger charge is -2.08. The van der Waals surface area contributed by atoms with Crippen LogP contribution in [0.15, 0.2) is 71.2 Å². The van der Waals surface area contributed by atoms with Crippen LogP contribution in [-0.2, 0) is 4.79 Å². The molecule has 3 aromatic rings. The van der Waals surface area contributed by atoms with Crippen molar-refractivity contribution in [3.8, 4) is 0 Å². The summed E-state index contributed by atoms with van der Waals surface area (Å²) in [5.74, 6) is -0.329. The molecule has 0 radical (unpaired) electrons. The molecular weight excluding hydrogens is 380 g/mol. The van der Waals surface area contributed by atoms with Gasteiger partial charge in [0.25, 0.3) is 5.91 Å². The molecule has 0 spiro atoms. The van der Waals surface area contributed by atoms with Crippen LogP contribution >= 0.6 is 15.9 Å². The number of rotatable bonds is 5. The highest BCUT2D eigenvalue weighted by molar-refractivity contribution is 9.10. The standard InChI is InChI=1S/C20H17BrN2O2/c21-17-7-3-4-8-18(17)23-19(24)11-12-22-20(25)16-10-9-14-5-1-2-6-15(14)13-16/h1-10,13H,11-12H2,(H,22,25)(H,23,24). The van der Waals surface area contributed by atoms with E-state index in [2.05, 4.69) is 26.6 Å². The lowest BCUT2D eigenvalue weighted by atomic mass is 10.1. The van der Waals surface area contributed by atoms with Crippen molar-refractivity contribution in [1.82, 2.24) is 5.32 Å². The predicted octanol–water partition coefficient (Wildman–Crippen LogP) is 4.36. The summed E-state index contributed by atoms with van der Waals surface area (Å²) in [4.78, 5) is 24.2. The second-order valence-corrected chi connectivity index (χ2v) is 6.45. The number of nitrogens with one attached hydrogen (secondary N) is 2. The van der Waals surface area contributed by atoms with E-state index < -0.39 is 0 Å². The first-order chi connectivity index (χ1) is 12.1. The number of benzene rings is 3. The molecule has 2 amide bonds. The minimum absolute atomic E-state index is 0.147. The monoisotopic (exact) mass is 396 g/mol. The van der Waals surface area contributed by atoms with Gasteiger partial charge >= 0.3 is 0 Å². The fourth-order valence-corrected chi connectivity index (χ4v) is 2.88. The van der Waals surface area contributed by atoms with Crippen molar-refractivity contribution in [2.45, 2.75) is 6.42 Å². The molecule has 0 atom stereocenters. The summed E-state index contributed by atoms with van der Waals surface area (Å²) >= 11 is 3.38. The third kappa shape index (κ3) is 4.45. The van der Waals surface area contributed by atoms with Crippen molar-refractivity contribution in [2.75, 3.05) is 11.9 Å². The maximum Gasteiger partial charge on any atom is 0.251 e. The van der Waals surface area contributed by atoms with Gasteiger partial charge in [-0.15, -0.1) is 0 Å². The number of carbonyl (C=O) groups is 2. The van der Waals surface area contributed by atoms with E-state index in [9.17, 15) is 9.59 Å². The molecule has 0 saturated carbocycles. The summed E-state index contributed by atoms with van der Waals surface area (Å²) in [7, 11) is 0. The summed E-state index contributed by atoms with van der Waals surface area (Å²) in [6.45, 7) is 0.280. The van der Waals surface area contributed by atoms with Gasteiger partial charge in [-0.05, 0) is 51.0 Å². The van der Waals surface area contributed by atoms with Gasteiger partial charge in [0.05, 0.1) is 5.69 Å². The molecule has 0 heterocycles. The Hall–Kier alpha value is -2.66. The van der Waals surface area contributed by atoms with Crippen molar-refractivity contribution in [3.63, 3.8) is 0 Å². The topological polar surface area (TPSA) is 58.2 Å². The van der Waals surface area contributed by atoms with E-state index in [1.807, 2.05) is 60.7 Å². The lowest BCUT2D eigenvalue weighted by Crippen LogP contribution is -2.27. The van der Waals surface area contributed by atoms with Crippen LogP contribution in [0.5, 0.6) is 0 Å². The number of amides is 2. The van der Waals surface area contributed by atoms with Gasteiger partial charge in [0.1, 0.15) is 0 Å². The van der Waals surface area contributed by atoms with Crippen molar-refractivity contribution in [2.24, 2.45) is 0 Å². The number of hydrogen-bond acceptors (Lipinski definition) is 2. The van der Waals surface area contributed by atoms with Gasteiger partial charge in [-0.1, -0.05) is 42.5 Å². The van der Waals surface area contributed by atoms with E-state index in [-0.39, 0.29) is 24.8 Å². The average Bonchev–Trinajstić information content (AvgIpc) is 2.63. The van der Waals surface area contributed by atoms with E-state index in [1.165, 1.54) is 0 Å². The van der Waals surface area contributed by atoms with Crippen LogP contribution in [0.4, 0.5) is 5.69 Å². The first-order valence-electron chi connectivity index (χ1n) is 7.95. The molecule has 0 unspecified atom stereocenters. The molecular formula is C20H17BrN2O2. The Morgan fingerprint density at radius 2 is 1.60 bits per heavy atom. The molecule has 0 aliphatic carbocycles. The second kappa shape index (κ2) is 7.94. The average molecular weight is 397 g/mol. The van der Waals surface area contributed by atoms with Crippen LogP contribution in [0.1, 0.15) is 16.8 Å². The lowest BCUT2D eigenvalue weighted by molar-refractivity contribution is -0.116. The largest absolute Gasteiger partial charge is 0.352 e. The predicted molar refractivity (Wildman–Crippen MR) is 104 cm³/mol. The van der Waals surface area contributed by atoms with Crippen molar-refractivity contribution < 1.29 is 9.59 Å². The zero-order valence-corrected chi connectivity index (χ0v) is 15.0. The molecule has 0 saturated heterocycles. The molecule has 126 valence electrons. The SMILES string of the molecule is O=C(CCNC(=O)c1ccc2ccccc2c1)Nc1ccccc1Br. The molecule has 0 bridgehead atoms. The van der Waals surface area contributed by atoms with Crippen molar-refractivity contribution >= 4 is 44.2 Å². The molecule has 2 N–H and O–H groups in total. The maximum atomic E-state index is 12.2. The summed E-state index contributed by atoms with van der Waals surface area (Å²) in [6.07, 6.45) is 0.209. The third-order valence-corrected chi connectivity index (χ3v) is 4.49. The molecule has 5 heteroatoms. The van der Waals surface area contributed by atoms with Gasteiger partial charge in [0.2, 0.25) is 5.91 Å². The Morgan fingerprint density at radius 3 is 2.40 bits per heavy atom. The normalized spacial score (nSPS) is 10.4. The van der Waals surface area contributed by atoms with E-state index >= 15 is 0 Å².